The van der Waals surface area contributed by atoms with Crippen molar-refractivity contribution in [1.29, 1.82) is 0 Å². The number of rotatable bonds is 5. The highest BCUT2D eigenvalue weighted by atomic mass is 31.1. The van der Waals surface area contributed by atoms with Crippen molar-refractivity contribution in [3.63, 3.8) is 0 Å². The van der Waals surface area contributed by atoms with E-state index in [1.165, 1.54) is 0 Å². The van der Waals surface area contributed by atoms with Crippen LogP contribution in [-0.2, 0) is 9.09 Å². The Hall–Kier alpha value is -0.680. The molecule has 0 aromatic rings. The Labute approximate surface area is 73.4 Å². The normalized spacial score (nSPS) is 15.9. The maximum absolute atomic E-state index is 10.4. The molecule has 2 unspecified atom stereocenters. The van der Waals surface area contributed by atoms with Crippen LogP contribution in [0, 0.1) is 12.3 Å². The van der Waals surface area contributed by atoms with Crippen molar-refractivity contribution in [2.75, 3.05) is 0 Å². The predicted molar refractivity (Wildman–Crippen MR) is 47.6 cm³/mol. The molecule has 3 nitrogen and oxygen atoms in total. The Balaban J connectivity index is 4.28. The predicted octanol–water partition coefficient (Wildman–Crippen LogP) is 2.01. The lowest BCUT2D eigenvalue weighted by molar-refractivity contribution is 0.0923. The molecule has 2 atom stereocenters. The van der Waals surface area contributed by atoms with Crippen molar-refractivity contribution in [2.24, 2.45) is 0 Å². The standard InChI is InChI=1S/C8H11O3P/c1-4-6-8(3,7-5-2)11-12(9)10/h1,5H,2,6-7H2,3H3/p+1. The monoisotopic (exact) mass is 187 g/mol. The van der Waals surface area contributed by atoms with Crippen molar-refractivity contribution < 1.29 is 14.0 Å². The van der Waals surface area contributed by atoms with E-state index in [1.54, 1.807) is 13.0 Å². The summed E-state index contributed by atoms with van der Waals surface area (Å²) in [6, 6.07) is 0. The molecular weight excluding hydrogens is 175 g/mol. The van der Waals surface area contributed by atoms with Gasteiger partial charge in [-0.05, 0) is 13.3 Å². The van der Waals surface area contributed by atoms with Gasteiger partial charge in [-0.25, -0.2) is 0 Å². The summed E-state index contributed by atoms with van der Waals surface area (Å²) >= 11 is 0. The van der Waals surface area contributed by atoms with E-state index in [0.717, 1.165) is 0 Å². The van der Waals surface area contributed by atoms with Crippen LogP contribution < -0.4 is 0 Å². The number of hydrogen-bond donors (Lipinski definition) is 1. The molecule has 12 heavy (non-hydrogen) atoms. The van der Waals surface area contributed by atoms with Gasteiger partial charge in [-0.15, -0.1) is 28.3 Å². The van der Waals surface area contributed by atoms with Gasteiger partial charge in [-0.3, -0.25) is 0 Å². The Kier molecular flexibility index (Phi) is 4.77. The van der Waals surface area contributed by atoms with E-state index in [1.807, 2.05) is 0 Å². The Bertz CT molecular complexity index is 219. The first-order valence-electron chi connectivity index (χ1n) is 3.44. The van der Waals surface area contributed by atoms with Crippen LogP contribution >= 0.6 is 8.25 Å². The highest BCUT2D eigenvalue weighted by molar-refractivity contribution is 7.32. The quantitative estimate of drug-likeness (QED) is 0.407. The van der Waals surface area contributed by atoms with E-state index >= 15 is 0 Å². The highest BCUT2D eigenvalue weighted by Gasteiger charge is 2.33. The van der Waals surface area contributed by atoms with Gasteiger partial charge in [0.2, 0.25) is 0 Å². The fraction of sp³-hybridized carbons (Fsp3) is 0.500. The molecular formula is C8H12O3P+. The van der Waals surface area contributed by atoms with Crippen molar-refractivity contribution in [1.82, 2.24) is 0 Å². The second-order valence-corrected chi connectivity index (χ2v) is 3.31. The fourth-order valence-electron chi connectivity index (χ4n) is 0.851. The van der Waals surface area contributed by atoms with Crippen LogP contribution in [0.2, 0.25) is 0 Å². The largest absolute Gasteiger partial charge is 0.695 e. The third-order valence-electron chi connectivity index (χ3n) is 1.35. The molecule has 1 N–H and O–H groups in total. The van der Waals surface area contributed by atoms with Crippen LogP contribution in [0.3, 0.4) is 0 Å². The van der Waals surface area contributed by atoms with E-state index in [0.29, 0.717) is 12.8 Å². The molecule has 0 amide bonds. The summed E-state index contributed by atoms with van der Waals surface area (Å²) in [4.78, 5) is 8.53. The van der Waals surface area contributed by atoms with Gasteiger partial charge in [0, 0.05) is 11.0 Å². The summed E-state index contributed by atoms with van der Waals surface area (Å²) in [7, 11) is -2.60. The topological polar surface area (TPSA) is 46.5 Å². The Morgan fingerprint density at radius 1 is 1.92 bits per heavy atom. The average molecular weight is 187 g/mol. The zero-order valence-corrected chi connectivity index (χ0v) is 7.88. The van der Waals surface area contributed by atoms with Gasteiger partial charge >= 0.3 is 8.25 Å². The van der Waals surface area contributed by atoms with Crippen molar-refractivity contribution in [3.05, 3.63) is 12.7 Å². The van der Waals surface area contributed by atoms with E-state index < -0.39 is 13.9 Å². The van der Waals surface area contributed by atoms with Crippen LogP contribution in [0.4, 0.5) is 0 Å². The van der Waals surface area contributed by atoms with Gasteiger partial charge in [0.25, 0.3) is 0 Å². The van der Waals surface area contributed by atoms with Gasteiger partial charge in [0.05, 0.1) is 0 Å². The summed E-state index contributed by atoms with van der Waals surface area (Å²) in [5.41, 5.74) is -0.765. The molecule has 66 valence electrons. The maximum atomic E-state index is 10.4. The third kappa shape index (κ3) is 4.25. The zero-order valence-electron chi connectivity index (χ0n) is 6.99. The summed E-state index contributed by atoms with van der Waals surface area (Å²) in [5, 5.41) is 0. The molecule has 4 heteroatoms. The molecule has 0 fully saturated rings. The minimum absolute atomic E-state index is 0.292. The second-order valence-electron chi connectivity index (χ2n) is 2.65. The molecule has 0 heterocycles. The SMILES string of the molecule is C#CCC(C)(CC=C)O[P+](=O)O. The average Bonchev–Trinajstić information content (AvgIpc) is 1.85. The van der Waals surface area contributed by atoms with Crippen LogP contribution in [0.25, 0.3) is 0 Å². The second kappa shape index (κ2) is 5.05. The van der Waals surface area contributed by atoms with E-state index in [4.69, 9.17) is 15.8 Å². The van der Waals surface area contributed by atoms with Gasteiger partial charge in [0.15, 0.2) is 0 Å². The first-order chi connectivity index (χ1) is 5.54. The number of terminal acetylenes is 1. The lowest BCUT2D eigenvalue weighted by atomic mass is 9.99. The van der Waals surface area contributed by atoms with E-state index in [9.17, 15) is 4.57 Å². The maximum Gasteiger partial charge on any atom is 0.695 e. The molecule has 0 aromatic carbocycles. The first-order valence-corrected chi connectivity index (χ1v) is 4.57. The van der Waals surface area contributed by atoms with Gasteiger partial charge in [-0.1, -0.05) is 6.08 Å². The summed E-state index contributed by atoms with van der Waals surface area (Å²) in [6.45, 7) is 5.19. The van der Waals surface area contributed by atoms with Crippen molar-refractivity contribution >= 4 is 8.25 Å². The lowest BCUT2D eigenvalue weighted by Crippen LogP contribution is -2.24. The van der Waals surface area contributed by atoms with Crippen LogP contribution in [0.15, 0.2) is 12.7 Å². The highest BCUT2D eigenvalue weighted by Crippen LogP contribution is 2.31. The fourth-order valence-corrected chi connectivity index (χ4v) is 1.37. The van der Waals surface area contributed by atoms with E-state index in [-0.39, 0.29) is 0 Å². The van der Waals surface area contributed by atoms with Gasteiger partial charge in [0.1, 0.15) is 5.60 Å². The molecule has 0 spiro atoms. The van der Waals surface area contributed by atoms with E-state index in [2.05, 4.69) is 12.5 Å². The van der Waals surface area contributed by atoms with Crippen LogP contribution in [-0.4, -0.2) is 10.5 Å². The molecule has 0 bridgehead atoms. The van der Waals surface area contributed by atoms with Gasteiger partial charge in [-0.2, -0.15) is 0 Å². The lowest BCUT2D eigenvalue weighted by Gasteiger charge is -2.17. The Morgan fingerprint density at radius 3 is 2.83 bits per heavy atom. The molecule has 0 aliphatic rings. The molecule has 0 saturated heterocycles. The molecule has 0 aromatic heterocycles. The number of hydrogen-bond acceptors (Lipinski definition) is 2. The molecule has 0 radical (unpaired) electrons. The third-order valence-corrected chi connectivity index (χ3v) is 1.95. The van der Waals surface area contributed by atoms with Crippen molar-refractivity contribution in [3.8, 4) is 12.3 Å². The zero-order chi connectivity index (χ0) is 9.61. The van der Waals surface area contributed by atoms with Gasteiger partial charge < -0.3 is 0 Å². The minimum atomic E-state index is -2.60. The van der Waals surface area contributed by atoms with Crippen molar-refractivity contribution in [2.45, 2.75) is 25.4 Å². The molecule has 0 aliphatic heterocycles. The summed E-state index contributed by atoms with van der Waals surface area (Å²) < 4.78 is 15.2. The molecule has 0 rings (SSSR count). The molecule has 0 aliphatic carbocycles. The summed E-state index contributed by atoms with van der Waals surface area (Å²) in [5.74, 6) is 2.39. The molecule has 0 saturated carbocycles. The van der Waals surface area contributed by atoms with Crippen LogP contribution in [0.1, 0.15) is 19.8 Å². The minimum Gasteiger partial charge on any atom is -0.133 e. The van der Waals surface area contributed by atoms with Crippen LogP contribution in [0.5, 0.6) is 0 Å². The Morgan fingerprint density at radius 2 is 2.50 bits per heavy atom. The summed E-state index contributed by atoms with van der Waals surface area (Å²) in [6.07, 6.45) is 7.44. The first kappa shape index (κ1) is 11.3. The smallest absolute Gasteiger partial charge is 0.133 e.